The fraction of sp³-hybridized carbons (Fsp3) is 0.120. The Balaban J connectivity index is 1.84. The average Bonchev–Trinajstić information content (AvgIpc) is 3.08. The summed E-state index contributed by atoms with van der Waals surface area (Å²) in [6.45, 7) is 0. The summed E-state index contributed by atoms with van der Waals surface area (Å²) in [5, 5.41) is 3.02. The van der Waals surface area contributed by atoms with Gasteiger partial charge in [-0.2, -0.15) is 0 Å². The van der Waals surface area contributed by atoms with Crippen molar-refractivity contribution in [1.29, 1.82) is 0 Å². The smallest absolute Gasteiger partial charge is 0.282 e. The Bertz CT molecular complexity index is 1250. The molecule has 1 aliphatic rings. The Morgan fingerprint density at radius 2 is 1.48 bits per heavy atom. The molecule has 0 aromatic heterocycles. The molecular weight excluding hydrogens is 427 g/mol. The lowest BCUT2D eigenvalue weighted by molar-refractivity contribution is -0.120. The van der Waals surface area contributed by atoms with Gasteiger partial charge in [0.2, 0.25) is 0 Å². The Kier molecular flexibility index (Phi) is 5.99. The van der Waals surface area contributed by atoms with Gasteiger partial charge in [-0.3, -0.25) is 9.59 Å². The number of methoxy groups -OCH3 is 3. The molecule has 1 aliphatic heterocycles. The van der Waals surface area contributed by atoms with E-state index in [1.54, 1.807) is 55.6 Å². The summed E-state index contributed by atoms with van der Waals surface area (Å²) in [4.78, 5) is 27.7. The second-order valence-corrected chi connectivity index (χ2v) is 7.07. The van der Waals surface area contributed by atoms with Crippen molar-refractivity contribution in [3.05, 3.63) is 83.8 Å². The number of nitrogens with one attached hydrogen (secondary N) is 1. The SMILES string of the molecule is COc1ccc(NC2=C(c3ccc(OC)c(OC)c3)C(=O)N(c3ccccc3F)C2=O)cc1. The summed E-state index contributed by atoms with van der Waals surface area (Å²) in [6, 6.07) is 17.4. The number of hydrogen-bond donors (Lipinski definition) is 1. The van der Waals surface area contributed by atoms with Gasteiger partial charge in [0.05, 0.1) is 32.6 Å². The number of nitrogens with zero attached hydrogens (tertiary/aromatic N) is 1. The van der Waals surface area contributed by atoms with Crippen LogP contribution in [-0.4, -0.2) is 33.1 Å². The number of benzene rings is 3. The van der Waals surface area contributed by atoms with E-state index in [1.165, 1.54) is 32.4 Å². The van der Waals surface area contributed by atoms with Gasteiger partial charge in [-0.25, -0.2) is 9.29 Å². The fourth-order valence-corrected chi connectivity index (χ4v) is 3.58. The summed E-state index contributed by atoms with van der Waals surface area (Å²) in [6.07, 6.45) is 0. The van der Waals surface area contributed by atoms with E-state index in [4.69, 9.17) is 14.2 Å². The molecule has 7 nitrogen and oxygen atoms in total. The van der Waals surface area contributed by atoms with Crippen LogP contribution in [0.15, 0.2) is 72.4 Å². The second-order valence-electron chi connectivity index (χ2n) is 7.07. The first-order valence-corrected chi connectivity index (χ1v) is 9.99. The number of para-hydroxylation sites is 1. The number of amides is 2. The Morgan fingerprint density at radius 3 is 2.12 bits per heavy atom. The summed E-state index contributed by atoms with van der Waals surface area (Å²) in [5.74, 6) is -0.530. The molecule has 0 unspecified atom stereocenters. The third-order valence-electron chi connectivity index (χ3n) is 5.21. The lowest BCUT2D eigenvalue weighted by Crippen LogP contribution is -2.33. The molecule has 0 spiro atoms. The topological polar surface area (TPSA) is 77.1 Å². The quantitative estimate of drug-likeness (QED) is 0.545. The van der Waals surface area contributed by atoms with E-state index >= 15 is 0 Å². The van der Waals surface area contributed by atoms with Gasteiger partial charge in [0.25, 0.3) is 11.8 Å². The Labute approximate surface area is 190 Å². The molecule has 0 saturated heterocycles. The first kappa shape index (κ1) is 21.9. The maximum absolute atomic E-state index is 14.5. The van der Waals surface area contributed by atoms with Crippen LogP contribution in [-0.2, 0) is 9.59 Å². The van der Waals surface area contributed by atoms with Crippen LogP contribution >= 0.6 is 0 Å². The molecule has 0 bridgehead atoms. The molecule has 3 aromatic carbocycles. The zero-order valence-corrected chi connectivity index (χ0v) is 18.2. The van der Waals surface area contributed by atoms with Crippen LogP contribution in [0.5, 0.6) is 17.2 Å². The van der Waals surface area contributed by atoms with E-state index in [1.807, 2.05) is 0 Å². The first-order valence-electron chi connectivity index (χ1n) is 9.99. The van der Waals surface area contributed by atoms with Gasteiger partial charge in [0, 0.05) is 5.69 Å². The van der Waals surface area contributed by atoms with Crippen LogP contribution in [0.2, 0.25) is 0 Å². The van der Waals surface area contributed by atoms with E-state index in [9.17, 15) is 14.0 Å². The summed E-state index contributed by atoms with van der Waals surface area (Å²) in [5.41, 5.74) is 0.943. The zero-order chi connectivity index (χ0) is 23.5. The third-order valence-corrected chi connectivity index (χ3v) is 5.21. The van der Waals surface area contributed by atoms with Crippen LogP contribution in [0, 0.1) is 5.82 Å². The van der Waals surface area contributed by atoms with Crippen molar-refractivity contribution in [1.82, 2.24) is 0 Å². The van der Waals surface area contributed by atoms with E-state index in [2.05, 4.69) is 5.32 Å². The van der Waals surface area contributed by atoms with Crippen molar-refractivity contribution < 1.29 is 28.2 Å². The number of hydrogen-bond acceptors (Lipinski definition) is 6. The zero-order valence-electron chi connectivity index (χ0n) is 18.2. The normalized spacial score (nSPS) is 13.4. The summed E-state index contributed by atoms with van der Waals surface area (Å²) < 4.78 is 30.3. The molecular formula is C25H21FN2O5. The molecule has 1 heterocycles. The predicted molar refractivity (Wildman–Crippen MR) is 122 cm³/mol. The highest BCUT2D eigenvalue weighted by molar-refractivity contribution is 6.46. The maximum Gasteiger partial charge on any atom is 0.282 e. The van der Waals surface area contributed by atoms with E-state index in [0.29, 0.717) is 28.5 Å². The van der Waals surface area contributed by atoms with Gasteiger partial charge >= 0.3 is 0 Å². The Morgan fingerprint density at radius 1 is 0.788 bits per heavy atom. The molecule has 0 aliphatic carbocycles. The van der Waals surface area contributed by atoms with Gasteiger partial charge < -0.3 is 19.5 Å². The summed E-state index contributed by atoms with van der Waals surface area (Å²) in [7, 11) is 4.52. The molecule has 0 atom stereocenters. The van der Waals surface area contributed by atoms with Gasteiger partial charge in [-0.15, -0.1) is 0 Å². The number of rotatable bonds is 7. The minimum atomic E-state index is -0.684. The molecule has 2 amide bonds. The molecule has 1 N–H and O–H groups in total. The minimum Gasteiger partial charge on any atom is -0.497 e. The third kappa shape index (κ3) is 3.98. The molecule has 0 saturated carbocycles. The lowest BCUT2D eigenvalue weighted by Gasteiger charge is -2.16. The number of carbonyl (C=O) groups is 2. The highest BCUT2D eigenvalue weighted by Crippen LogP contribution is 2.38. The number of halogens is 1. The van der Waals surface area contributed by atoms with Crippen molar-refractivity contribution >= 4 is 28.8 Å². The van der Waals surface area contributed by atoms with Crippen molar-refractivity contribution in [2.45, 2.75) is 0 Å². The first-order chi connectivity index (χ1) is 16.0. The van der Waals surface area contributed by atoms with Crippen LogP contribution in [0.3, 0.4) is 0 Å². The maximum atomic E-state index is 14.5. The van der Waals surface area contributed by atoms with Gasteiger partial charge in [-0.05, 0) is 54.1 Å². The van der Waals surface area contributed by atoms with Crippen LogP contribution in [0.4, 0.5) is 15.8 Å². The van der Waals surface area contributed by atoms with E-state index in [-0.39, 0.29) is 17.0 Å². The van der Waals surface area contributed by atoms with Crippen LogP contribution < -0.4 is 24.4 Å². The second kappa shape index (κ2) is 9.04. The minimum absolute atomic E-state index is 0.0145. The monoisotopic (exact) mass is 448 g/mol. The standard InChI is InChI=1S/C25H21FN2O5/c1-31-17-11-9-16(10-12-17)27-23-22(15-8-13-20(32-2)21(14-15)33-3)24(29)28(25(23)30)19-7-5-4-6-18(19)26/h4-14,27H,1-3H3. The molecule has 168 valence electrons. The molecule has 0 fully saturated rings. The van der Waals surface area contributed by atoms with Crippen molar-refractivity contribution in [3.63, 3.8) is 0 Å². The number of carbonyl (C=O) groups excluding carboxylic acids is 2. The van der Waals surface area contributed by atoms with Crippen LogP contribution in [0.1, 0.15) is 5.56 Å². The van der Waals surface area contributed by atoms with Gasteiger partial charge in [-0.1, -0.05) is 18.2 Å². The van der Waals surface area contributed by atoms with Crippen molar-refractivity contribution in [3.8, 4) is 17.2 Å². The Hall–Kier alpha value is -4.33. The predicted octanol–water partition coefficient (Wildman–Crippen LogP) is 4.25. The van der Waals surface area contributed by atoms with Crippen molar-refractivity contribution in [2.24, 2.45) is 0 Å². The lowest BCUT2D eigenvalue weighted by atomic mass is 10.0. The molecule has 0 radical (unpaired) electrons. The average molecular weight is 448 g/mol. The molecule has 8 heteroatoms. The molecule has 33 heavy (non-hydrogen) atoms. The number of anilines is 2. The van der Waals surface area contributed by atoms with E-state index < -0.39 is 17.6 Å². The van der Waals surface area contributed by atoms with Gasteiger partial charge in [0.1, 0.15) is 17.3 Å². The largest absolute Gasteiger partial charge is 0.497 e. The number of imide groups is 1. The number of ether oxygens (including phenoxy) is 3. The highest BCUT2D eigenvalue weighted by Gasteiger charge is 2.41. The van der Waals surface area contributed by atoms with Crippen LogP contribution in [0.25, 0.3) is 5.57 Å². The molecule has 4 rings (SSSR count). The van der Waals surface area contributed by atoms with Crippen molar-refractivity contribution in [2.75, 3.05) is 31.5 Å². The van der Waals surface area contributed by atoms with E-state index in [0.717, 1.165) is 4.90 Å². The highest BCUT2D eigenvalue weighted by atomic mass is 19.1. The molecule has 3 aromatic rings. The summed E-state index contributed by atoms with van der Waals surface area (Å²) >= 11 is 0. The van der Waals surface area contributed by atoms with Gasteiger partial charge in [0.15, 0.2) is 11.5 Å². The fourth-order valence-electron chi connectivity index (χ4n) is 3.58.